The number of nitrogens with one attached hydrogen (secondary N) is 1. The van der Waals surface area contributed by atoms with Crippen LogP contribution in [0.5, 0.6) is 0 Å². The highest BCUT2D eigenvalue weighted by atomic mass is 19.1. The molecule has 0 unspecified atom stereocenters. The molecule has 1 aromatic heterocycles. The van der Waals surface area contributed by atoms with Gasteiger partial charge in [0.2, 0.25) is 5.95 Å². The number of aromatic nitrogens is 2. The van der Waals surface area contributed by atoms with Gasteiger partial charge in [0.15, 0.2) is 0 Å². The zero-order valence-electron chi connectivity index (χ0n) is 9.46. The molecule has 1 N–H and O–H groups in total. The Kier molecular flexibility index (Phi) is 2.99. The Balaban J connectivity index is 2.64. The van der Waals surface area contributed by atoms with Crippen LogP contribution in [-0.4, -0.2) is 17.0 Å². The van der Waals surface area contributed by atoms with Crippen molar-refractivity contribution in [2.75, 3.05) is 12.4 Å². The van der Waals surface area contributed by atoms with Gasteiger partial charge in [-0.3, -0.25) is 0 Å². The number of rotatable bonds is 2. The minimum atomic E-state index is -0.634. The van der Waals surface area contributed by atoms with Crippen LogP contribution in [0, 0.1) is 18.6 Å². The monoisotopic (exact) mass is 235 g/mol. The van der Waals surface area contributed by atoms with Crippen molar-refractivity contribution in [3.05, 3.63) is 41.6 Å². The van der Waals surface area contributed by atoms with Crippen LogP contribution in [0.25, 0.3) is 11.3 Å². The first kappa shape index (κ1) is 11.4. The van der Waals surface area contributed by atoms with Gasteiger partial charge in [-0.2, -0.15) is 0 Å². The molecule has 0 bridgehead atoms. The van der Waals surface area contributed by atoms with Gasteiger partial charge in [-0.05, 0) is 25.1 Å². The van der Waals surface area contributed by atoms with Crippen LogP contribution in [0.15, 0.2) is 24.3 Å². The Bertz CT molecular complexity index is 535. The summed E-state index contributed by atoms with van der Waals surface area (Å²) in [7, 11) is 1.65. The molecular weight excluding hydrogens is 224 g/mol. The molecule has 0 radical (unpaired) electrons. The van der Waals surface area contributed by atoms with E-state index in [1.54, 1.807) is 20.0 Å². The zero-order valence-corrected chi connectivity index (χ0v) is 9.46. The molecule has 0 fully saturated rings. The number of hydrogen-bond acceptors (Lipinski definition) is 3. The molecule has 88 valence electrons. The number of halogens is 2. The Morgan fingerprint density at radius 3 is 2.35 bits per heavy atom. The van der Waals surface area contributed by atoms with Crippen LogP contribution in [-0.2, 0) is 0 Å². The van der Waals surface area contributed by atoms with Gasteiger partial charge in [-0.15, -0.1) is 0 Å². The van der Waals surface area contributed by atoms with Crippen molar-refractivity contribution in [1.82, 2.24) is 9.97 Å². The molecular formula is C12H11F2N3. The van der Waals surface area contributed by atoms with E-state index in [1.165, 1.54) is 18.2 Å². The first-order valence-corrected chi connectivity index (χ1v) is 5.09. The van der Waals surface area contributed by atoms with Crippen LogP contribution >= 0.6 is 0 Å². The predicted octanol–water partition coefficient (Wildman–Crippen LogP) is 2.77. The van der Waals surface area contributed by atoms with Crippen LogP contribution < -0.4 is 5.32 Å². The second-order valence-corrected chi connectivity index (χ2v) is 3.56. The maximum Gasteiger partial charge on any atom is 0.223 e. The Morgan fingerprint density at radius 1 is 1.12 bits per heavy atom. The molecule has 0 saturated heterocycles. The Hall–Kier alpha value is -2.04. The maximum absolute atomic E-state index is 13.6. The number of nitrogens with zero attached hydrogens (tertiary/aromatic N) is 2. The van der Waals surface area contributed by atoms with Gasteiger partial charge in [0.1, 0.15) is 11.6 Å². The molecule has 0 aliphatic carbocycles. The Morgan fingerprint density at radius 2 is 1.76 bits per heavy atom. The van der Waals surface area contributed by atoms with E-state index in [1.807, 2.05) is 0 Å². The smallest absolute Gasteiger partial charge is 0.223 e. The van der Waals surface area contributed by atoms with E-state index in [9.17, 15) is 8.78 Å². The van der Waals surface area contributed by atoms with Gasteiger partial charge in [-0.1, -0.05) is 6.07 Å². The number of hydrogen-bond donors (Lipinski definition) is 1. The molecule has 0 aliphatic rings. The average Bonchev–Trinajstić information content (AvgIpc) is 2.28. The Labute approximate surface area is 97.5 Å². The van der Waals surface area contributed by atoms with Crippen LogP contribution in [0.1, 0.15) is 5.69 Å². The van der Waals surface area contributed by atoms with Crippen LogP contribution in [0.4, 0.5) is 14.7 Å². The number of aryl methyl sites for hydroxylation is 1. The van der Waals surface area contributed by atoms with Gasteiger partial charge in [0.25, 0.3) is 0 Å². The van der Waals surface area contributed by atoms with Crippen LogP contribution in [0.3, 0.4) is 0 Å². The van der Waals surface area contributed by atoms with Gasteiger partial charge >= 0.3 is 0 Å². The molecule has 2 aromatic rings. The lowest BCUT2D eigenvalue weighted by molar-refractivity contribution is 0.588. The minimum absolute atomic E-state index is 0.130. The lowest BCUT2D eigenvalue weighted by atomic mass is 10.1. The van der Waals surface area contributed by atoms with Gasteiger partial charge in [0, 0.05) is 12.7 Å². The molecule has 0 spiro atoms. The molecule has 0 amide bonds. The van der Waals surface area contributed by atoms with E-state index in [4.69, 9.17) is 0 Å². The van der Waals surface area contributed by atoms with Crippen molar-refractivity contribution in [3.63, 3.8) is 0 Å². The summed E-state index contributed by atoms with van der Waals surface area (Å²) in [5.74, 6) is -0.932. The lowest BCUT2D eigenvalue weighted by Gasteiger charge is -2.07. The van der Waals surface area contributed by atoms with Crippen LogP contribution in [0.2, 0.25) is 0 Å². The summed E-state index contributed by atoms with van der Waals surface area (Å²) in [6.45, 7) is 1.74. The van der Waals surface area contributed by atoms with Crippen molar-refractivity contribution < 1.29 is 8.78 Å². The molecule has 3 nitrogen and oxygen atoms in total. The van der Waals surface area contributed by atoms with E-state index < -0.39 is 11.6 Å². The average molecular weight is 235 g/mol. The first-order valence-electron chi connectivity index (χ1n) is 5.09. The second-order valence-electron chi connectivity index (χ2n) is 3.56. The van der Waals surface area contributed by atoms with E-state index in [-0.39, 0.29) is 11.3 Å². The first-order chi connectivity index (χ1) is 8.11. The second kappa shape index (κ2) is 4.45. The third-order valence-corrected chi connectivity index (χ3v) is 2.30. The van der Waals surface area contributed by atoms with Gasteiger partial charge < -0.3 is 5.32 Å². The largest absolute Gasteiger partial charge is 0.357 e. The molecule has 0 atom stereocenters. The highest BCUT2D eigenvalue weighted by Gasteiger charge is 2.13. The quantitative estimate of drug-likeness (QED) is 0.869. The fourth-order valence-corrected chi connectivity index (χ4v) is 1.55. The van der Waals surface area contributed by atoms with Gasteiger partial charge in [0.05, 0.1) is 11.3 Å². The van der Waals surface area contributed by atoms with E-state index in [0.717, 1.165) is 0 Å². The van der Waals surface area contributed by atoms with E-state index in [2.05, 4.69) is 15.3 Å². The fraction of sp³-hybridized carbons (Fsp3) is 0.167. The fourth-order valence-electron chi connectivity index (χ4n) is 1.55. The maximum atomic E-state index is 13.6. The highest BCUT2D eigenvalue weighted by molar-refractivity contribution is 5.62. The molecule has 0 saturated carbocycles. The molecule has 2 rings (SSSR count). The van der Waals surface area contributed by atoms with Crippen molar-refractivity contribution in [3.8, 4) is 11.3 Å². The normalized spacial score (nSPS) is 10.4. The summed E-state index contributed by atoms with van der Waals surface area (Å²) < 4.78 is 27.2. The molecule has 1 heterocycles. The summed E-state index contributed by atoms with van der Waals surface area (Å²) in [5.41, 5.74) is 0.744. The summed E-state index contributed by atoms with van der Waals surface area (Å²) in [4.78, 5) is 8.11. The van der Waals surface area contributed by atoms with Gasteiger partial charge in [-0.25, -0.2) is 18.7 Å². The summed E-state index contributed by atoms with van der Waals surface area (Å²) in [6, 6.07) is 5.27. The molecule has 17 heavy (non-hydrogen) atoms. The predicted molar refractivity (Wildman–Crippen MR) is 61.7 cm³/mol. The van der Waals surface area contributed by atoms with Crippen molar-refractivity contribution in [1.29, 1.82) is 0 Å². The van der Waals surface area contributed by atoms with Crippen molar-refractivity contribution >= 4 is 5.95 Å². The standard InChI is InChI=1S/C12H11F2N3/c1-7-6-10(17-12(15-2)16-7)11-8(13)4-3-5-9(11)14/h3-6H,1-2H3,(H,15,16,17). The number of benzene rings is 1. The third kappa shape index (κ3) is 2.22. The molecule has 1 aromatic carbocycles. The SMILES string of the molecule is CNc1nc(C)cc(-c2c(F)cccc2F)n1. The van der Waals surface area contributed by atoms with Crippen molar-refractivity contribution in [2.24, 2.45) is 0 Å². The molecule has 5 heteroatoms. The third-order valence-electron chi connectivity index (χ3n) is 2.30. The summed E-state index contributed by atoms with van der Waals surface area (Å²) >= 11 is 0. The summed E-state index contributed by atoms with van der Waals surface area (Å²) in [6.07, 6.45) is 0. The van der Waals surface area contributed by atoms with E-state index in [0.29, 0.717) is 11.6 Å². The molecule has 0 aliphatic heterocycles. The lowest BCUT2D eigenvalue weighted by Crippen LogP contribution is -2.01. The summed E-state index contributed by atoms with van der Waals surface area (Å²) in [5, 5.41) is 2.75. The van der Waals surface area contributed by atoms with Crippen molar-refractivity contribution in [2.45, 2.75) is 6.92 Å². The zero-order chi connectivity index (χ0) is 12.4. The van der Waals surface area contributed by atoms with E-state index >= 15 is 0 Å². The topological polar surface area (TPSA) is 37.8 Å². The minimum Gasteiger partial charge on any atom is -0.357 e. The highest BCUT2D eigenvalue weighted by Crippen LogP contribution is 2.25. The number of anilines is 1.